The zero-order valence-corrected chi connectivity index (χ0v) is 16.3. The highest BCUT2D eigenvalue weighted by molar-refractivity contribution is 7.89. The number of nitrogens with zero attached hydrogens (tertiary/aromatic N) is 1. The number of sulfonamides is 1. The van der Waals surface area contributed by atoms with Crippen molar-refractivity contribution in [2.24, 2.45) is 11.7 Å². The minimum atomic E-state index is -3.65. The first-order valence-electron chi connectivity index (χ1n) is 8.73. The number of ether oxygens (including phenoxy) is 1. The van der Waals surface area contributed by atoms with Gasteiger partial charge in [-0.15, -0.1) is 0 Å². The van der Waals surface area contributed by atoms with Gasteiger partial charge in [-0.05, 0) is 24.1 Å². The second kappa shape index (κ2) is 9.27. The molecule has 1 heterocycles. The van der Waals surface area contributed by atoms with E-state index in [1.807, 2.05) is 13.8 Å². The third-order valence-corrected chi connectivity index (χ3v) is 6.06. The molecule has 9 nitrogen and oxygen atoms in total. The van der Waals surface area contributed by atoms with Crippen LogP contribution in [0.25, 0.3) is 0 Å². The van der Waals surface area contributed by atoms with E-state index in [0.29, 0.717) is 32.0 Å². The number of carbonyl (C=O) groups is 2. The maximum absolute atomic E-state index is 12.7. The highest BCUT2D eigenvalue weighted by Gasteiger charge is 2.26. The van der Waals surface area contributed by atoms with Crippen molar-refractivity contribution in [3.63, 3.8) is 0 Å². The SMILES string of the molecule is CC(C)[C@H](N)C(=O)NCC(=O)Nc1cccc(S(=O)(=O)N2CCOCC2)c1. The van der Waals surface area contributed by atoms with Crippen molar-refractivity contribution < 1.29 is 22.7 Å². The summed E-state index contributed by atoms with van der Waals surface area (Å²) in [6.45, 7) is 4.67. The van der Waals surface area contributed by atoms with E-state index in [0.717, 1.165) is 0 Å². The van der Waals surface area contributed by atoms with Gasteiger partial charge in [0, 0.05) is 18.8 Å². The highest BCUT2D eigenvalue weighted by atomic mass is 32.2. The van der Waals surface area contributed by atoms with Crippen LogP contribution in [0.5, 0.6) is 0 Å². The Bertz CT molecular complexity index is 775. The standard InChI is InChI=1S/C17H26N4O5S/c1-12(2)16(18)17(23)19-11-15(22)20-13-4-3-5-14(10-13)27(24,25)21-6-8-26-9-7-21/h3-5,10,12,16H,6-9,11,18H2,1-2H3,(H,19,23)(H,20,22)/t16-/m0/s1. The minimum absolute atomic E-state index is 0.0462. The van der Waals surface area contributed by atoms with Gasteiger partial charge in [-0.2, -0.15) is 4.31 Å². The molecule has 2 amide bonds. The Morgan fingerprint density at radius 3 is 2.56 bits per heavy atom. The summed E-state index contributed by atoms with van der Waals surface area (Å²) in [5, 5.41) is 5.04. The lowest BCUT2D eigenvalue weighted by molar-refractivity contribution is -0.125. The van der Waals surface area contributed by atoms with Crippen molar-refractivity contribution in [2.45, 2.75) is 24.8 Å². The first-order valence-corrected chi connectivity index (χ1v) is 10.2. The lowest BCUT2D eigenvalue weighted by atomic mass is 10.1. The van der Waals surface area contributed by atoms with Gasteiger partial charge in [-0.3, -0.25) is 9.59 Å². The van der Waals surface area contributed by atoms with E-state index in [1.54, 1.807) is 12.1 Å². The van der Waals surface area contributed by atoms with Gasteiger partial charge in [0.25, 0.3) is 0 Å². The fourth-order valence-electron chi connectivity index (χ4n) is 2.46. The van der Waals surface area contributed by atoms with Crippen molar-refractivity contribution >= 4 is 27.5 Å². The van der Waals surface area contributed by atoms with E-state index >= 15 is 0 Å². The van der Waals surface area contributed by atoms with Crippen LogP contribution in [0.2, 0.25) is 0 Å². The van der Waals surface area contributed by atoms with Gasteiger partial charge in [-0.25, -0.2) is 8.42 Å². The molecule has 1 aromatic rings. The fourth-order valence-corrected chi connectivity index (χ4v) is 3.92. The molecule has 0 saturated carbocycles. The molecule has 1 aliphatic rings. The summed E-state index contributed by atoms with van der Waals surface area (Å²) in [6, 6.07) is 5.31. The smallest absolute Gasteiger partial charge is 0.243 e. The van der Waals surface area contributed by atoms with Crippen LogP contribution >= 0.6 is 0 Å². The predicted molar refractivity (Wildman–Crippen MR) is 100 cm³/mol. The zero-order chi connectivity index (χ0) is 20.0. The lowest BCUT2D eigenvalue weighted by Gasteiger charge is -2.26. The normalized spacial score (nSPS) is 16.7. The molecular weight excluding hydrogens is 372 g/mol. The number of rotatable bonds is 7. The Balaban J connectivity index is 1.99. The molecule has 1 fully saturated rings. The van der Waals surface area contributed by atoms with Crippen molar-refractivity contribution in [3.05, 3.63) is 24.3 Å². The highest BCUT2D eigenvalue weighted by Crippen LogP contribution is 2.20. The molecule has 0 aliphatic carbocycles. The number of nitrogens with two attached hydrogens (primary N) is 1. The summed E-state index contributed by atoms with van der Waals surface area (Å²) in [7, 11) is -3.65. The number of nitrogens with one attached hydrogen (secondary N) is 2. The van der Waals surface area contributed by atoms with Crippen molar-refractivity contribution in [1.82, 2.24) is 9.62 Å². The van der Waals surface area contributed by atoms with Crippen LogP contribution in [0, 0.1) is 5.92 Å². The molecule has 27 heavy (non-hydrogen) atoms. The fraction of sp³-hybridized carbons (Fsp3) is 0.529. The summed E-state index contributed by atoms with van der Waals surface area (Å²) in [5.74, 6) is -0.931. The monoisotopic (exact) mass is 398 g/mol. The maximum Gasteiger partial charge on any atom is 0.243 e. The van der Waals surface area contributed by atoms with Gasteiger partial charge in [0.15, 0.2) is 0 Å². The molecule has 0 bridgehead atoms. The molecule has 1 saturated heterocycles. The van der Waals surface area contributed by atoms with Crippen molar-refractivity contribution in [1.29, 1.82) is 0 Å². The third-order valence-electron chi connectivity index (χ3n) is 4.17. The van der Waals surface area contributed by atoms with Crippen LogP contribution in [-0.2, 0) is 24.3 Å². The number of carbonyl (C=O) groups excluding carboxylic acids is 2. The lowest BCUT2D eigenvalue weighted by Crippen LogP contribution is -2.46. The third kappa shape index (κ3) is 5.73. The topological polar surface area (TPSA) is 131 Å². The molecule has 1 aliphatic heterocycles. The summed E-state index contributed by atoms with van der Waals surface area (Å²) >= 11 is 0. The van der Waals surface area contributed by atoms with E-state index in [9.17, 15) is 18.0 Å². The molecule has 0 radical (unpaired) electrons. The Morgan fingerprint density at radius 1 is 1.26 bits per heavy atom. The number of anilines is 1. The van der Waals surface area contributed by atoms with Crippen LogP contribution < -0.4 is 16.4 Å². The Labute approximate surface area is 159 Å². The molecule has 0 spiro atoms. The molecule has 2 rings (SSSR count). The Morgan fingerprint density at radius 2 is 1.93 bits per heavy atom. The van der Waals surface area contributed by atoms with Gasteiger partial charge < -0.3 is 21.1 Å². The second-order valence-electron chi connectivity index (χ2n) is 6.58. The van der Waals surface area contributed by atoms with Crippen molar-refractivity contribution in [3.8, 4) is 0 Å². The molecule has 4 N–H and O–H groups in total. The Kier molecular flexibility index (Phi) is 7.31. The molecule has 0 unspecified atom stereocenters. The number of hydrogen-bond donors (Lipinski definition) is 3. The molecule has 0 aromatic heterocycles. The predicted octanol–water partition coefficient (Wildman–Crippen LogP) is -0.254. The van der Waals surface area contributed by atoms with Crippen LogP contribution in [0.15, 0.2) is 29.2 Å². The van der Waals surface area contributed by atoms with Gasteiger partial charge in [0.2, 0.25) is 21.8 Å². The summed E-state index contributed by atoms with van der Waals surface area (Å²) in [6.07, 6.45) is 0. The van der Waals surface area contributed by atoms with Gasteiger partial charge >= 0.3 is 0 Å². The second-order valence-corrected chi connectivity index (χ2v) is 8.52. The minimum Gasteiger partial charge on any atom is -0.379 e. The van der Waals surface area contributed by atoms with E-state index in [4.69, 9.17) is 10.5 Å². The first kappa shape index (κ1) is 21.3. The average Bonchev–Trinajstić information content (AvgIpc) is 2.66. The summed E-state index contributed by atoms with van der Waals surface area (Å²) in [4.78, 5) is 23.9. The molecule has 150 valence electrons. The van der Waals surface area contributed by atoms with Gasteiger partial charge in [-0.1, -0.05) is 19.9 Å². The zero-order valence-electron chi connectivity index (χ0n) is 15.5. The first-order chi connectivity index (χ1) is 12.7. The molecular formula is C17H26N4O5S. The largest absolute Gasteiger partial charge is 0.379 e. The van der Waals surface area contributed by atoms with Gasteiger partial charge in [0.05, 0.1) is 30.7 Å². The summed E-state index contributed by atoms with van der Waals surface area (Å²) in [5.41, 5.74) is 6.04. The van der Waals surface area contributed by atoms with Crippen molar-refractivity contribution in [2.75, 3.05) is 38.2 Å². The number of morpholine rings is 1. The van der Waals surface area contributed by atoms with E-state index in [2.05, 4.69) is 10.6 Å². The van der Waals surface area contributed by atoms with Crippen LogP contribution in [0.1, 0.15) is 13.8 Å². The quantitative estimate of drug-likeness (QED) is 0.580. The number of hydrogen-bond acceptors (Lipinski definition) is 6. The van der Waals surface area contributed by atoms with Crippen LogP contribution in [-0.4, -0.2) is 63.4 Å². The van der Waals surface area contributed by atoms with Gasteiger partial charge in [0.1, 0.15) is 0 Å². The van der Waals surface area contributed by atoms with Crippen LogP contribution in [0.3, 0.4) is 0 Å². The molecule has 1 aromatic carbocycles. The Hall–Kier alpha value is -2.01. The van der Waals surface area contributed by atoms with E-state index in [1.165, 1.54) is 16.4 Å². The number of benzene rings is 1. The van der Waals surface area contributed by atoms with E-state index < -0.39 is 27.9 Å². The molecule has 10 heteroatoms. The summed E-state index contributed by atoms with van der Waals surface area (Å²) < 4.78 is 31.9. The number of amides is 2. The molecule has 1 atom stereocenters. The van der Waals surface area contributed by atoms with E-state index in [-0.39, 0.29) is 17.4 Å². The van der Waals surface area contributed by atoms with Crippen LogP contribution in [0.4, 0.5) is 5.69 Å². The maximum atomic E-state index is 12.7. The average molecular weight is 398 g/mol.